The number of nitrogens with two attached hydrogens (primary N) is 1. The van der Waals surface area contributed by atoms with Crippen LogP contribution < -0.4 is 5.73 Å². The largest absolute Gasteiger partial charge is 0.389 e. The van der Waals surface area contributed by atoms with E-state index in [0.717, 1.165) is 25.9 Å². The molecule has 0 radical (unpaired) electrons. The molecule has 1 aliphatic rings. The zero-order valence-electron chi connectivity index (χ0n) is 13.9. The van der Waals surface area contributed by atoms with Crippen molar-refractivity contribution in [2.24, 2.45) is 17.1 Å². The third-order valence-corrected chi connectivity index (χ3v) is 5.10. The van der Waals surface area contributed by atoms with Crippen LogP contribution in [0.2, 0.25) is 0 Å². The van der Waals surface area contributed by atoms with Crippen LogP contribution in [0.4, 0.5) is 13.2 Å². The Morgan fingerprint density at radius 3 is 1.90 bits per heavy atom. The number of hydrogen-bond donors (Lipinski definition) is 1. The van der Waals surface area contributed by atoms with E-state index in [1.807, 2.05) is 6.92 Å². The van der Waals surface area contributed by atoms with Crippen LogP contribution in [0.3, 0.4) is 0 Å². The summed E-state index contributed by atoms with van der Waals surface area (Å²) in [5.74, 6) is 0.686. The van der Waals surface area contributed by atoms with E-state index < -0.39 is 12.6 Å². The summed E-state index contributed by atoms with van der Waals surface area (Å²) in [5, 5.41) is 0. The first-order valence-electron chi connectivity index (χ1n) is 8.00. The number of rotatable bonds is 5. The van der Waals surface area contributed by atoms with Gasteiger partial charge in [0, 0.05) is 18.5 Å². The first kappa shape index (κ1) is 18.8. The van der Waals surface area contributed by atoms with Gasteiger partial charge in [-0.15, -0.1) is 0 Å². The summed E-state index contributed by atoms with van der Waals surface area (Å²) in [6, 6.07) is 0. The number of alkyl halides is 3. The second kappa shape index (κ2) is 6.86. The summed E-state index contributed by atoms with van der Waals surface area (Å²) in [7, 11) is 0. The minimum Gasteiger partial charge on any atom is -0.329 e. The Labute approximate surface area is 127 Å². The van der Waals surface area contributed by atoms with E-state index in [9.17, 15) is 13.2 Å². The Morgan fingerprint density at radius 1 is 1.00 bits per heavy atom. The third kappa shape index (κ3) is 5.78. The van der Waals surface area contributed by atoms with Crippen LogP contribution in [0.5, 0.6) is 0 Å². The molecule has 1 heterocycles. The summed E-state index contributed by atoms with van der Waals surface area (Å²) < 4.78 is 36.9. The number of halogens is 3. The lowest BCUT2D eigenvalue weighted by atomic mass is 9.74. The van der Waals surface area contributed by atoms with Gasteiger partial charge in [0.05, 0.1) is 0 Å². The minimum atomic E-state index is -4.06. The molecule has 0 aromatic heterocycles. The molecule has 0 bridgehead atoms. The quantitative estimate of drug-likeness (QED) is 0.825. The fourth-order valence-electron chi connectivity index (χ4n) is 3.34. The van der Waals surface area contributed by atoms with Crippen molar-refractivity contribution in [1.29, 1.82) is 0 Å². The zero-order valence-corrected chi connectivity index (χ0v) is 13.9. The maximum atomic E-state index is 12.3. The molecule has 0 amide bonds. The lowest BCUT2D eigenvalue weighted by Gasteiger charge is -2.47. The van der Waals surface area contributed by atoms with Crippen molar-refractivity contribution in [2.45, 2.75) is 71.5 Å². The highest BCUT2D eigenvalue weighted by Crippen LogP contribution is 2.37. The maximum Gasteiger partial charge on any atom is 0.389 e. The zero-order chi connectivity index (χ0) is 16.3. The Balaban J connectivity index is 2.53. The van der Waals surface area contributed by atoms with E-state index in [1.165, 1.54) is 0 Å². The molecular formula is C16H31F3N2. The first-order chi connectivity index (χ1) is 9.48. The van der Waals surface area contributed by atoms with Gasteiger partial charge < -0.3 is 5.73 Å². The van der Waals surface area contributed by atoms with Gasteiger partial charge in [0.25, 0.3) is 0 Å². The normalized spacial score (nSPS) is 22.3. The van der Waals surface area contributed by atoms with E-state index in [4.69, 9.17) is 5.73 Å². The number of likely N-dealkylation sites (tertiary alicyclic amines) is 1. The van der Waals surface area contributed by atoms with Crippen LogP contribution in [0.25, 0.3) is 0 Å². The molecule has 1 atom stereocenters. The average molecular weight is 308 g/mol. The van der Waals surface area contributed by atoms with Gasteiger partial charge in [-0.25, -0.2) is 0 Å². The number of nitrogens with zero attached hydrogens (tertiary/aromatic N) is 1. The Hall–Kier alpha value is -0.290. The van der Waals surface area contributed by atoms with E-state index in [-0.39, 0.29) is 12.0 Å². The van der Waals surface area contributed by atoms with Crippen molar-refractivity contribution in [3.63, 3.8) is 0 Å². The summed E-state index contributed by atoms with van der Waals surface area (Å²) in [5.41, 5.74) is 5.89. The van der Waals surface area contributed by atoms with Gasteiger partial charge in [-0.05, 0) is 57.0 Å². The molecule has 2 nitrogen and oxygen atoms in total. The fraction of sp³-hybridized carbons (Fsp3) is 1.00. The standard InChI is InChI=1S/C16H31F3N2/c1-14(2,3)13-6-10-21(11-7-13)15(4,12-20)8-5-9-16(17,18)19/h13H,5-12,20H2,1-4H3. The lowest BCUT2D eigenvalue weighted by molar-refractivity contribution is -0.137. The minimum absolute atomic E-state index is 0.163. The predicted octanol–water partition coefficient (Wildman–Crippen LogP) is 4.19. The molecule has 126 valence electrons. The number of piperidine rings is 1. The van der Waals surface area contributed by atoms with Crippen molar-refractivity contribution in [1.82, 2.24) is 4.90 Å². The Bertz CT molecular complexity index is 314. The van der Waals surface area contributed by atoms with Crippen molar-refractivity contribution in [3.05, 3.63) is 0 Å². The molecule has 1 fully saturated rings. The van der Waals surface area contributed by atoms with E-state index >= 15 is 0 Å². The SMILES string of the molecule is CC(C)(C)C1CCN(C(C)(CN)CCCC(F)(F)F)CC1. The van der Waals surface area contributed by atoms with Crippen LogP contribution in [0, 0.1) is 11.3 Å². The molecule has 1 unspecified atom stereocenters. The Kier molecular flexibility index (Phi) is 6.13. The van der Waals surface area contributed by atoms with Crippen molar-refractivity contribution in [3.8, 4) is 0 Å². The first-order valence-corrected chi connectivity index (χ1v) is 8.00. The van der Waals surface area contributed by atoms with E-state index in [1.54, 1.807) is 0 Å². The van der Waals surface area contributed by atoms with E-state index in [2.05, 4.69) is 25.7 Å². The summed E-state index contributed by atoms with van der Waals surface area (Å²) in [6.45, 7) is 11.1. The molecule has 0 aromatic rings. The molecule has 0 aliphatic carbocycles. The van der Waals surface area contributed by atoms with Gasteiger partial charge in [-0.1, -0.05) is 20.8 Å². The highest BCUT2D eigenvalue weighted by atomic mass is 19.4. The fourth-order valence-corrected chi connectivity index (χ4v) is 3.34. The van der Waals surface area contributed by atoms with Crippen LogP contribution in [-0.4, -0.2) is 36.2 Å². The average Bonchev–Trinajstić information content (AvgIpc) is 2.36. The summed E-state index contributed by atoms with van der Waals surface area (Å²) in [6.07, 6.45) is -1.87. The van der Waals surface area contributed by atoms with Gasteiger partial charge >= 0.3 is 6.18 Å². The van der Waals surface area contributed by atoms with Gasteiger partial charge in [0.2, 0.25) is 0 Å². The summed E-state index contributed by atoms with van der Waals surface area (Å²) in [4.78, 5) is 2.31. The topological polar surface area (TPSA) is 29.3 Å². The van der Waals surface area contributed by atoms with Crippen LogP contribution in [0.15, 0.2) is 0 Å². The molecule has 2 N–H and O–H groups in total. The monoisotopic (exact) mass is 308 g/mol. The highest BCUT2D eigenvalue weighted by molar-refractivity contribution is 4.91. The highest BCUT2D eigenvalue weighted by Gasteiger charge is 2.37. The maximum absolute atomic E-state index is 12.3. The van der Waals surface area contributed by atoms with Gasteiger partial charge in [-0.3, -0.25) is 4.90 Å². The molecule has 5 heteroatoms. The second-order valence-corrected chi connectivity index (χ2v) is 7.80. The van der Waals surface area contributed by atoms with Crippen molar-refractivity contribution in [2.75, 3.05) is 19.6 Å². The van der Waals surface area contributed by atoms with Crippen LogP contribution in [-0.2, 0) is 0 Å². The molecular weight excluding hydrogens is 277 g/mol. The molecule has 0 spiro atoms. The molecule has 1 saturated heterocycles. The predicted molar refractivity (Wildman–Crippen MR) is 81.1 cm³/mol. The third-order valence-electron chi connectivity index (χ3n) is 5.10. The molecule has 0 saturated carbocycles. The van der Waals surface area contributed by atoms with Crippen molar-refractivity contribution < 1.29 is 13.2 Å². The number of hydrogen-bond acceptors (Lipinski definition) is 2. The van der Waals surface area contributed by atoms with E-state index in [0.29, 0.717) is 24.3 Å². The lowest BCUT2D eigenvalue weighted by Crippen LogP contribution is -2.55. The van der Waals surface area contributed by atoms with Crippen LogP contribution in [0.1, 0.15) is 59.8 Å². The van der Waals surface area contributed by atoms with Crippen LogP contribution >= 0.6 is 0 Å². The smallest absolute Gasteiger partial charge is 0.329 e. The van der Waals surface area contributed by atoms with Crippen molar-refractivity contribution >= 4 is 0 Å². The molecule has 21 heavy (non-hydrogen) atoms. The van der Waals surface area contributed by atoms with Gasteiger partial charge in [-0.2, -0.15) is 13.2 Å². The van der Waals surface area contributed by atoms with Gasteiger partial charge in [0.15, 0.2) is 0 Å². The molecule has 1 aliphatic heterocycles. The molecule has 0 aromatic carbocycles. The summed E-state index contributed by atoms with van der Waals surface area (Å²) >= 11 is 0. The van der Waals surface area contributed by atoms with Gasteiger partial charge in [0.1, 0.15) is 0 Å². The molecule has 1 rings (SSSR count). The Morgan fingerprint density at radius 2 is 1.52 bits per heavy atom. The second-order valence-electron chi connectivity index (χ2n) is 7.80.